The molecular weight excluding hydrogens is 990 g/mol. The zero-order valence-electron chi connectivity index (χ0n) is 40.7. The van der Waals surface area contributed by atoms with Crippen LogP contribution >= 0.6 is 34.8 Å². The van der Waals surface area contributed by atoms with Crippen molar-refractivity contribution >= 4 is 86.5 Å². The number of halogens is 6. The van der Waals surface area contributed by atoms with E-state index in [4.69, 9.17) is 46.2 Å². The number of H-pyrrole nitrogens is 1. The number of aromatic nitrogens is 6. The number of piperazine rings is 2. The Kier molecular flexibility index (Phi) is 26.1. The number of nitrogens with zero attached hydrogens (tertiary/aromatic N) is 9. The van der Waals surface area contributed by atoms with E-state index >= 15 is 0 Å². The predicted octanol–water partition coefficient (Wildman–Crippen LogP) is 1.05. The summed E-state index contributed by atoms with van der Waals surface area (Å²) < 4.78 is 45.6. The van der Waals surface area contributed by atoms with Crippen LogP contribution in [0.15, 0.2) is 60.9 Å². The molecule has 6 heterocycles. The van der Waals surface area contributed by atoms with Crippen molar-refractivity contribution in [2.45, 2.75) is 60.2 Å². The molecule has 2 amide bonds. The summed E-state index contributed by atoms with van der Waals surface area (Å²) in [6.45, 7) is 14.8. The first-order valence-electron chi connectivity index (χ1n) is 20.9. The Balaban J connectivity index is 0.000000515. The number of amides is 2. The maximum Gasteiger partial charge on any atom is 1.00 e. The minimum atomic E-state index is -1.00. The van der Waals surface area contributed by atoms with Crippen LogP contribution in [0.4, 0.5) is 24.5 Å². The molecule has 8 rings (SSSR count). The van der Waals surface area contributed by atoms with Gasteiger partial charge in [-0.25, -0.2) is 23.4 Å². The number of benzene rings is 2. The maximum atomic E-state index is 14.4. The monoisotopic (exact) mass is 1040 g/mol. The van der Waals surface area contributed by atoms with Gasteiger partial charge in [0.2, 0.25) is 11.8 Å². The zero-order chi connectivity index (χ0) is 48.7. The van der Waals surface area contributed by atoms with Gasteiger partial charge in [0.15, 0.2) is 11.3 Å². The summed E-state index contributed by atoms with van der Waals surface area (Å²) in [4.78, 5) is 51.8. The van der Waals surface area contributed by atoms with Gasteiger partial charge in [0, 0.05) is 90.3 Å². The number of carbonyl (C=O) groups excluding carboxylic acids is 3. The van der Waals surface area contributed by atoms with Gasteiger partial charge in [-0.2, -0.15) is 10.2 Å². The standard InChI is InChI=1S/C21H23ClFN5O.C14H17Cl2FN2O.C7H7N3.CH3F.CH2O3.2K.H/c1-13-9-19(18(23)10-17(13)22)26-7-8-27(14(2)11-26)20(29)12-28-21-16(15(3)25-28)5-4-6-24-21;1-9-5-13(12(17)6-11(9)16)18-3-4-19(10(2)8-18)14(20)7-15;1-5-6-3-2-4-8-7(6)10-9-5;1-2;2-1-4-3;;;/h4-6,9-10,14H,7-8,11-12H2,1-3H3;5-6,10H,3-4,7-8H2,1-2H3;2-4H,1H3,(H,8,9,10);1H3;1,3H;;;/q;;;;;2*+1;-1/p-1/t14-;10-;;;;;;/m00....../s1/i;;;1D;;;;. The molecule has 15 nitrogen and oxygen atoms in total. The molecule has 6 aromatic rings. The van der Waals surface area contributed by atoms with E-state index < -0.39 is 7.15 Å². The smallest absolute Gasteiger partial charge is 1.00 e. The van der Waals surface area contributed by atoms with E-state index in [1.54, 1.807) is 34.1 Å². The van der Waals surface area contributed by atoms with Crippen LogP contribution in [-0.4, -0.2) is 122 Å². The van der Waals surface area contributed by atoms with Crippen molar-refractivity contribution in [1.29, 1.82) is 0 Å². The molecule has 67 heavy (non-hydrogen) atoms. The second kappa shape index (κ2) is 29.7. The molecular formula is C44H52Cl3F3K2N10O5. The number of alkyl halides is 2. The molecule has 2 aliphatic rings. The van der Waals surface area contributed by atoms with Crippen molar-refractivity contribution in [2.75, 3.05) is 62.1 Å². The predicted molar refractivity (Wildman–Crippen MR) is 246 cm³/mol. The van der Waals surface area contributed by atoms with Crippen molar-refractivity contribution in [3.05, 3.63) is 105 Å². The van der Waals surface area contributed by atoms with Gasteiger partial charge in [-0.1, -0.05) is 23.2 Å². The van der Waals surface area contributed by atoms with Crippen LogP contribution in [0.25, 0.3) is 22.1 Å². The summed E-state index contributed by atoms with van der Waals surface area (Å²) in [5.74, 6) is -0.771. The third-order valence-corrected chi connectivity index (χ3v) is 11.7. The van der Waals surface area contributed by atoms with Gasteiger partial charge >= 0.3 is 103 Å². The first-order valence-corrected chi connectivity index (χ1v) is 21.5. The minimum Gasteiger partial charge on any atom is -1.00 e. The molecule has 1 N–H and O–H groups in total. The number of pyridine rings is 2. The number of carbonyl (C=O) groups is 3. The summed E-state index contributed by atoms with van der Waals surface area (Å²) in [6, 6.07) is 13.9. The Bertz CT molecular complexity index is 2590. The van der Waals surface area contributed by atoms with Crippen molar-refractivity contribution in [3.8, 4) is 0 Å². The van der Waals surface area contributed by atoms with E-state index in [2.05, 4.69) is 30.2 Å². The van der Waals surface area contributed by atoms with E-state index in [0.29, 0.717) is 66.3 Å². The van der Waals surface area contributed by atoms with E-state index in [-0.39, 0.29) is 159 Å². The van der Waals surface area contributed by atoms with Gasteiger partial charge in [0.05, 0.1) is 25.6 Å². The molecule has 2 saturated heterocycles. The molecule has 0 bridgehead atoms. The van der Waals surface area contributed by atoms with Gasteiger partial charge < -0.3 is 31.2 Å². The summed E-state index contributed by atoms with van der Waals surface area (Å²) in [5.41, 5.74) is 6.18. The van der Waals surface area contributed by atoms with Crippen LogP contribution in [-0.2, 0) is 25.8 Å². The van der Waals surface area contributed by atoms with Crippen LogP contribution in [0.2, 0.25) is 10.0 Å². The van der Waals surface area contributed by atoms with E-state index in [9.17, 15) is 22.8 Å². The molecule has 0 radical (unpaired) electrons. The quantitative estimate of drug-likeness (QED) is 0.0833. The number of aryl methyl sites for hydroxylation is 4. The van der Waals surface area contributed by atoms with Gasteiger partial charge in [-0.15, -0.1) is 11.6 Å². The number of nitrogens with one attached hydrogen (secondary N) is 1. The Morgan fingerprint density at radius 1 is 0.866 bits per heavy atom. The van der Waals surface area contributed by atoms with Crippen molar-refractivity contribution in [1.82, 2.24) is 39.7 Å². The fourth-order valence-electron chi connectivity index (χ4n) is 7.41. The maximum absolute atomic E-state index is 14.4. The molecule has 23 heteroatoms. The molecule has 0 spiro atoms. The first kappa shape index (κ1) is 58.9. The van der Waals surface area contributed by atoms with Crippen LogP contribution < -0.4 is 118 Å². The SMILES string of the molecule is Cc1[nH]nc2ncccc12.Cc1cc(N2CCN(C(=O)CCl)[C@@H](C)C2)c(F)cc1Cl.Cc1cc(N2CCN(C(=O)Cn3nc(C)c4cccnc43)[C@@H](C)C2)c(F)cc1Cl.O=CO[O-].[2H]CF.[H-].[K+].[K+]. The van der Waals surface area contributed by atoms with Crippen LogP contribution in [0.3, 0.4) is 0 Å². The second-order valence-electron chi connectivity index (χ2n) is 15.0. The average Bonchev–Trinajstić information content (AvgIpc) is 3.84. The number of aromatic amines is 1. The average molecular weight is 1040 g/mol. The second-order valence-corrected chi connectivity index (χ2v) is 16.1. The van der Waals surface area contributed by atoms with Crippen LogP contribution in [0.5, 0.6) is 0 Å². The Labute approximate surface area is 490 Å². The molecule has 2 aliphatic heterocycles. The third-order valence-electron chi connectivity index (χ3n) is 10.7. The van der Waals surface area contributed by atoms with Gasteiger partial charge in [0.1, 0.15) is 24.1 Å². The zero-order valence-corrected chi connectivity index (χ0v) is 47.2. The number of rotatable bonds is 6. The fraction of sp³-hybridized carbons (Fsp3) is 0.386. The van der Waals surface area contributed by atoms with Crippen LogP contribution in [0.1, 0.15) is 39.2 Å². The summed E-state index contributed by atoms with van der Waals surface area (Å²) in [5, 5.41) is 22.6. The number of anilines is 2. The molecule has 0 unspecified atom stereocenters. The molecule has 2 aromatic carbocycles. The normalized spacial score (nSPS) is 15.4. The van der Waals surface area contributed by atoms with Gasteiger partial charge in [-0.05, 0) is 101 Å². The van der Waals surface area contributed by atoms with Crippen molar-refractivity contribution in [2.24, 2.45) is 0 Å². The van der Waals surface area contributed by atoms with E-state index in [0.717, 1.165) is 38.9 Å². The Hall–Kier alpha value is -2.42. The number of hydrogen-bond acceptors (Lipinski definition) is 11. The first-order chi connectivity index (χ1) is 31.5. The number of fused-ring (bicyclic) bond motifs is 2. The number of hydrogen-bond donors (Lipinski definition) is 1. The Morgan fingerprint density at radius 3 is 1.81 bits per heavy atom. The minimum absolute atomic E-state index is 0. The van der Waals surface area contributed by atoms with E-state index in [1.165, 1.54) is 12.1 Å². The van der Waals surface area contributed by atoms with Gasteiger partial charge in [-0.3, -0.25) is 23.9 Å². The summed E-state index contributed by atoms with van der Waals surface area (Å²) in [7, 11) is -1.00. The van der Waals surface area contributed by atoms with E-state index in [1.807, 2.05) is 80.5 Å². The molecule has 0 saturated carbocycles. The van der Waals surface area contributed by atoms with Crippen LogP contribution in [0, 0.1) is 39.3 Å². The molecule has 2 fully saturated rings. The van der Waals surface area contributed by atoms with Crippen molar-refractivity contribution < 1.29 is 143 Å². The molecule has 352 valence electrons. The molecule has 0 aliphatic carbocycles. The van der Waals surface area contributed by atoms with Gasteiger partial charge in [0.25, 0.3) is 6.47 Å². The Morgan fingerprint density at radius 2 is 1.34 bits per heavy atom. The van der Waals surface area contributed by atoms with Crippen molar-refractivity contribution in [3.63, 3.8) is 0 Å². The third kappa shape index (κ3) is 16.3. The molecule has 4 aromatic heterocycles. The fourth-order valence-corrected chi connectivity index (χ4v) is 7.87. The topological polar surface area (TPSA) is 169 Å². The summed E-state index contributed by atoms with van der Waals surface area (Å²) in [6.07, 6.45) is 3.44. The largest absolute Gasteiger partial charge is 1.00 e. The molecule has 2 atom stereocenters. The summed E-state index contributed by atoms with van der Waals surface area (Å²) >= 11 is 17.5.